The lowest BCUT2D eigenvalue weighted by atomic mass is 10.1. The average Bonchev–Trinajstić information content (AvgIpc) is 3.51. The fourth-order valence-corrected chi connectivity index (χ4v) is 5.25. The Kier molecular flexibility index (Phi) is 6.52. The zero-order chi connectivity index (χ0) is 22.6. The van der Waals surface area contributed by atoms with E-state index in [1.54, 1.807) is 17.1 Å². The molecule has 1 aliphatic rings. The minimum absolute atomic E-state index is 0.0308. The van der Waals surface area contributed by atoms with E-state index in [1.807, 2.05) is 24.3 Å². The SMILES string of the molecule is COc1ccc(C(=O)NCc2ccc(-n3cncn3)cc2)cc1S(=O)(=O)NC1CCCC1. The summed E-state index contributed by atoms with van der Waals surface area (Å²) in [6.07, 6.45) is 6.71. The maximum atomic E-state index is 12.9. The number of carbonyl (C=O) groups excluding carboxylic acids is 1. The van der Waals surface area contributed by atoms with Crippen LogP contribution in [0, 0.1) is 0 Å². The van der Waals surface area contributed by atoms with Crippen molar-refractivity contribution < 1.29 is 17.9 Å². The van der Waals surface area contributed by atoms with E-state index in [1.165, 1.54) is 25.6 Å². The quantitative estimate of drug-likeness (QED) is 0.539. The number of nitrogens with zero attached hydrogens (tertiary/aromatic N) is 3. The standard InChI is InChI=1S/C22H25N5O4S/c1-31-20-11-8-17(12-21(20)32(29,30)26-18-4-2-3-5-18)22(28)24-13-16-6-9-19(10-7-16)27-15-23-14-25-27/h6-12,14-15,18,26H,2-5,13H2,1H3,(H,24,28). The van der Waals surface area contributed by atoms with Crippen LogP contribution in [0.15, 0.2) is 60.0 Å². The number of sulfonamides is 1. The first-order valence-corrected chi connectivity index (χ1v) is 11.9. The zero-order valence-electron chi connectivity index (χ0n) is 17.7. The first-order chi connectivity index (χ1) is 15.5. The molecule has 9 nitrogen and oxygen atoms in total. The lowest BCUT2D eigenvalue weighted by molar-refractivity contribution is 0.0950. The van der Waals surface area contributed by atoms with E-state index in [0.717, 1.165) is 36.9 Å². The summed E-state index contributed by atoms with van der Waals surface area (Å²) in [4.78, 5) is 16.6. The second kappa shape index (κ2) is 9.49. The number of nitrogens with one attached hydrogen (secondary N) is 2. The number of aromatic nitrogens is 3. The minimum Gasteiger partial charge on any atom is -0.495 e. The van der Waals surface area contributed by atoms with Crippen LogP contribution in [0.1, 0.15) is 41.6 Å². The summed E-state index contributed by atoms with van der Waals surface area (Å²) >= 11 is 0. The molecule has 1 aromatic heterocycles. The number of carbonyl (C=O) groups is 1. The predicted molar refractivity (Wildman–Crippen MR) is 118 cm³/mol. The van der Waals surface area contributed by atoms with Crippen LogP contribution in [0.5, 0.6) is 5.75 Å². The molecule has 0 bridgehead atoms. The van der Waals surface area contributed by atoms with Crippen LogP contribution in [0.4, 0.5) is 0 Å². The van der Waals surface area contributed by atoms with Crippen molar-refractivity contribution in [2.45, 2.75) is 43.2 Å². The van der Waals surface area contributed by atoms with Gasteiger partial charge >= 0.3 is 0 Å². The Morgan fingerprint density at radius 2 is 1.91 bits per heavy atom. The van der Waals surface area contributed by atoms with Crippen LogP contribution < -0.4 is 14.8 Å². The van der Waals surface area contributed by atoms with Crippen molar-refractivity contribution in [3.8, 4) is 11.4 Å². The topological polar surface area (TPSA) is 115 Å². The lowest BCUT2D eigenvalue weighted by Gasteiger charge is -2.16. The third-order valence-corrected chi connectivity index (χ3v) is 7.01. The number of rotatable bonds is 8. The summed E-state index contributed by atoms with van der Waals surface area (Å²) < 4.78 is 35.4. The van der Waals surface area contributed by atoms with Crippen molar-refractivity contribution in [2.75, 3.05) is 7.11 Å². The van der Waals surface area contributed by atoms with E-state index in [0.29, 0.717) is 6.54 Å². The molecule has 0 saturated heterocycles. The van der Waals surface area contributed by atoms with Gasteiger partial charge in [0.1, 0.15) is 23.3 Å². The van der Waals surface area contributed by atoms with Crippen LogP contribution in [0.2, 0.25) is 0 Å². The van der Waals surface area contributed by atoms with E-state index >= 15 is 0 Å². The normalized spacial score (nSPS) is 14.4. The summed E-state index contributed by atoms with van der Waals surface area (Å²) in [7, 11) is -2.39. The van der Waals surface area contributed by atoms with Crippen LogP contribution >= 0.6 is 0 Å². The Hall–Kier alpha value is -3.24. The molecule has 0 atom stereocenters. The molecule has 0 aliphatic heterocycles. The van der Waals surface area contributed by atoms with E-state index in [-0.39, 0.29) is 28.2 Å². The second-order valence-corrected chi connectivity index (χ2v) is 9.34. The Morgan fingerprint density at radius 1 is 1.16 bits per heavy atom. The van der Waals surface area contributed by atoms with Crippen molar-refractivity contribution in [1.29, 1.82) is 0 Å². The van der Waals surface area contributed by atoms with Crippen molar-refractivity contribution in [1.82, 2.24) is 24.8 Å². The lowest BCUT2D eigenvalue weighted by Crippen LogP contribution is -2.33. The first kappa shape index (κ1) is 22.0. The zero-order valence-corrected chi connectivity index (χ0v) is 18.5. The molecule has 4 rings (SSSR count). The van der Waals surface area contributed by atoms with E-state index in [4.69, 9.17) is 4.74 Å². The highest BCUT2D eigenvalue weighted by molar-refractivity contribution is 7.89. The third kappa shape index (κ3) is 4.97. The molecule has 2 aromatic carbocycles. The Labute approximate surface area is 186 Å². The van der Waals surface area contributed by atoms with Gasteiger partial charge in [-0.1, -0.05) is 25.0 Å². The van der Waals surface area contributed by atoms with Crippen LogP contribution in [0.3, 0.4) is 0 Å². The van der Waals surface area contributed by atoms with Gasteiger partial charge in [0.15, 0.2) is 0 Å². The van der Waals surface area contributed by atoms with Crippen molar-refractivity contribution in [3.05, 3.63) is 66.2 Å². The molecule has 32 heavy (non-hydrogen) atoms. The van der Waals surface area contributed by atoms with Gasteiger partial charge in [-0.2, -0.15) is 5.10 Å². The number of methoxy groups -OCH3 is 1. The van der Waals surface area contributed by atoms with Crippen LogP contribution in [-0.2, 0) is 16.6 Å². The highest BCUT2D eigenvalue weighted by Gasteiger charge is 2.26. The molecule has 1 heterocycles. The monoisotopic (exact) mass is 455 g/mol. The molecule has 3 aromatic rings. The molecular formula is C22H25N5O4S. The fraction of sp³-hybridized carbons (Fsp3) is 0.318. The van der Waals surface area contributed by atoms with Crippen molar-refractivity contribution in [3.63, 3.8) is 0 Å². The smallest absolute Gasteiger partial charge is 0.251 e. The second-order valence-electron chi connectivity index (χ2n) is 7.66. The molecule has 1 fully saturated rings. The van der Waals surface area contributed by atoms with Crippen LogP contribution in [0.25, 0.3) is 5.69 Å². The van der Waals surface area contributed by atoms with Gasteiger partial charge in [-0.05, 0) is 48.7 Å². The summed E-state index contributed by atoms with van der Waals surface area (Å²) in [6.45, 7) is 0.297. The van der Waals surface area contributed by atoms with Crippen molar-refractivity contribution >= 4 is 15.9 Å². The largest absolute Gasteiger partial charge is 0.495 e. The molecule has 2 N–H and O–H groups in total. The predicted octanol–water partition coefficient (Wildman–Crippen LogP) is 2.43. The van der Waals surface area contributed by atoms with E-state index in [2.05, 4.69) is 20.1 Å². The van der Waals surface area contributed by atoms with Gasteiger partial charge in [-0.25, -0.2) is 22.8 Å². The third-order valence-electron chi connectivity index (χ3n) is 5.47. The molecule has 0 radical (unpaired) electrons. The molecule has 1 amide bonds. The highest BCUT2D eigenvalue weighted by Crippen LogP contribution is 2.27. The van der Waals surface area contributed by atoms with Crippen molar-refractivity contribution in [2.24, 2.45) is 0 Å². The van der Waals surface area contributed by atoms with E-state index in [9.17, 15) is 13.2 Å². The summed E-state index contributed by atoms with van der Waals surface area (Å²) in [5, 5.41) is 6.90. The number of amides is 1. The Morgan fingerprint density at radius 3 is 2.56 bits per heavy atom. The Bertz CT molecular complexity index is 1170. The van der Waals surface area contributed by atoms with E-state index < -0.39 is 10.0 Å². The minimum atomic E-state index is -3.80. The van der Waals surface area contributed by atoms with Gasteiger partial charge in [0.2, 0.25) is 10.0 Å². The summed E-state index contributed by atoms with van der Waals surface area (Å²) in [5.74, 6) is -0.166. The highest BCUT2D eigenvalue weighted by atomic mass is 32.2. The Balaban J connectivity index is 1.46. The van der Waals surface area contributed by atoms with Gasteiger partial charge in [0.25, 0.3) is 5.91 Å². The number of ether oxygens (including phenoxy) is 1. The van der Waals surface area contributed by atoms with Gasteiger partial charge in [-0.15, -0.1) is 0 Å². The summed E-state index contributed by atoms with van der Waals surface area (Å²) in [5.41, 5.74) is 2.00. The fourth-order valence-electron chi connectivity index (χ4n) is 3.75. The molecule has 0 spiro atoms. The molecule has 168 valence electrons. The molecule has 1 aliphatic carbocycles. The van der Waals surface area contributed by atoms with Gasteiger partial charge in [-0.3, -0.25) is 4.79 Å². The average molecular weight is 456 g/mol. The maximum Gasteiger partial charge on any atom is 0.251 e. The number of hydrogen-bond acceptors (Lipinski definition) is 6. The number of benzene rings is 2. The molecule has 10 heteroatoms. The first-order valence-electron chi connectivity index (χ1n) is 10.4. The van der Waals surface area contributed by atoms with Crippen LogP contribution in [-0.4, -0.2) is 42.2 Å². The van der Waals surface area contributed by atoms with Gasteiger partial charge < -0.3 is 10.1 Å². The molecule has 0 unspecified atom stereocenters. The summed E-state index contributed by atoms with van der Waals surface area (Å²) in [6, 6.07) is 11.9. The van der Waals surface area contributed by atoms with Gasteiger partial charge in [0, 0.05) is 18.2 Å². The molecular weight excluding hydrogens is 430 g/mol. The molecule has 1 saturated carbocycles. The number of hydrogen-bond donors (Lipinski definition) is 2. The van der Waals surface area contributed by atoms with Gasteiger partial charge in [0.05, 0.1) is 12.8 Å². The maximum absolute atomic E-state index is 12.9.